The Morgan fingerprint density at radius 2 is 1.13 bits per heavy atom. The van der Waals surface area contributed by atoms with Crippen LogP contribution in [-0.4, -0.2) is 17.8 Å². The summed E-state index contributed by atoms with van der Waals surface area (Å²) in [6.07, 6.45) is 0. The molecule has 0 bridgehead atoms. The smallest absolute Gasteiger partial charge is 0.120 e. The summed E-state index contributed by atoms with van der Waals surface area (Å²) in [6.45, 7) is 3.39. The summed E-state index contributed by atoms with van der Waals surface area (Å²) in [5, 5.41) is 14.3. The van der Waals surface area contributed by atoms with Crippen molar-refractivity contribution in [2.24, 2.45) is 0 Å². The molecule has 4 aromatic rings. The molecule has 0 saturated heterocycles. The maximum absolute atomic E-state index is 10.1. The molecule has 0 aliphatic carbocycles. The molecule has 0 unspecified atom stereocenters. The molecule has 2 heteroatoms. The molecule has 0 aliphatic rings. The Morgan fingerprint density at radius 3 is 1.57 bits per heavy atom. The van der Waals surface area contributed by atoms with Gasteiger partial charge in [-0.05, 0) is 59.7 Å². The van der Waals surface area contributed by atoms with Crippen molar-refractivity contribution >= 4 is 21.5 Å². The maximum atomic E-state index is 10.1. The second kappa shape index (κ2) is 7.96. The molecule has 0 radical (unpaired) electrons. The Balaban J connectivity index is 1.99. The van der Waals surface area contributed by atoms with Crippen LogP contribution < -0.4 is 4.74 Å². The second-order valence-electron chi connectivity index (χ2n) is 7.63. The van der Waals surface area contributed by atoms with Gasteiger partial charge in [-0.3, -0.25) is 0 Å². The monoisotopic (exact) mass is 390 g/mol. The summed E-state index contributed by atoms with van der Waals surface area (Å²) in [7, 11) is 1.65. The van der Waals surface area contributed by atoms with Crippen LogP contribution in [-0.2, 0) is 0 Å². The van der Waals surface area contributed by atoms with Gasteiger partial charge in [-0.15, -0.1) is 0 Å². The highest BCUT2D eigenvalue weighted by molar-refractivity contribution is 6.09. The predicted molar refractivity (Wildman–Crippen MR) is 124 cm³/mol. The van der Waals surface area contributed by atoms with Crippen LogP contribution in [0.2, 0.25) is 0 Å². The number of hydrogen-bond donors (Lipinski definition) is 1. The van der Waals surface area contributed by atoms with Crippen molar-refractivity contribution in [1.82, 2.24) is 0 Å². The third-order valence-corrected chi connectivity index (χ3v) is 4.85. The normalized spacial score (nSPS) is 10.8. The van der Waals surface area contributed by atoms with E-state index in [0.29, 0.717) is 0 Å². The van der Waals surface area contributed by atoms with Crippen LogP contribution in [0.1, 0.15) is 30.5 Å². The van der Waals surface area contributed by atoms with E-state index in [4.69, 9.17) is 4.74 Å². The molecule has 0 spiro atoms. The van der Waals surface area contributed by atoms with Crippen LogP contribution in [0.3, 0.4) is 0 Å². The molecule has 146 valence electrons. The molecule has 0 atom stereocenters. The average Bonchev–Trinajstić information content (AvgIpc) is 2.75. The molecule has 0 fully saturated rings. The Labute approximate surface area is 177 Å². The van der Waals surface area contributed by atoms with E-state index in [2.05, 4.69) is 47.9 Å². The van der Waals surface area contributed by atoms with E-state index in [1.165, 1.54) is 0 Å². The highest BCUT2D eigenvalue weighted by atomic mass is 16.5. The third kappa shape index (κ3) is 4.01. The van der Waals surface area contributed by atoms with Crippen molar-refractivity contribution in [1.29, 1.82) is 0 Å². The molecule has 0 aromatic heterocycles. The number of rotatable bonds is 1. The predicted octanol–water partition coefficient (Wildman–Crippen LogP) is 5.52. The lowest BCUT2D eigenvalue weighted by atomic mass is 9.91. The molecule has 2 nitrogen and oxygen atoms in total. The first-order chi connectivity index (χ1) is 14.5. The van der Waals surface area contributed by atoms with Crippen molar-refractivity contribution in [3.63, 3.8) is 0 Å². The fraction of sp³-hybridized carbons (Fsp3) is 0.143. The van der Waals surface area contributed by atoms with Gasteiger partial charge in [-0.25, -0.2) is 0 Å². The highest BCUT2D eigenvalue weighted by Crippen LogP contribution is 2.32. The van der Waals surface area contributed by atoms with Gasteiger partial charge in [0, 0.05) is 16.7 Å². The first-order valence-electron chi connectivity index (χ1n) is 9.81. The van der Waals surface area contributed by atoms with Crippen LogP contribution in [0.5, 0.6) is 5.75 Å². The van der Waals surface area contributed by atoms with Crippen LogP contribution in [0.4, 0.5) is 0 Å². The van der Waals surface area contributed by atoms with Crippen LogP contribution in [0, 0.1) is 23.7 Å². The van der Waals surface area contributed by atoms with E-state index in [1.54, 1.807) is 21.0 Å². The zero-order valence-corrected chi connectivity index (χ0v) is 17.3. The van der Waals surface area contributed by atoms with Gasteiger partial charge in [-0.1, -0.05) is 72.2 Å². The minimum absolute atomic E-state index is 0.811. The third-order valence-electron chi connectivity index (χ3n) is 4.85. The van der Waals surface area contributed by atoms with Gasteiger partial charge >= 0.3 is 0 Å². The molecule has 0 saturated carbocycles. The van der Waals surface area contributed by atoms with Gasteiger partial charge in [0.1, 0.15) is 11.4 Å². The second-order valence-corrected chi connectivity index (χ2v) is 7.63. The van der Waals surface area contributed by atoms with E-state index in [-0.39, 0.29) is 0 Å². The Morgan fingerprint density at radius 1 is 0.667 bits per heavy atom. The van der Waals surface area contributed by atoms with Crippen molar-refractivity contribution in [3.05, 3.63) is 89.5 Å². The number of ether oxygens (including phenoxy) is 1. The largest absolute Gasteiger partial charge is 0.497 e. The zero-order chi connectivity index (χ0) is 21.1. The van der Waals surface area contributed by atoms with Crippen molar-refractivity contribution in [2.45, 2.75) is 19.4 Å². The molecule has 4 aromatic carbocycles. The van der Waals surface area contributed by atoms with E-state index in [9.17, 15) is 5.11 Å². The summed E-state index contributed by atoms with van der Waals surface area (Å²) in [4.78, 5) is 0. The van der Waals surface area contributed by atoms with Gasteiger partial charge < -0.3 is 9.84 Å². The topological polar surface area (TPSA) is 29.5 Å². The Bertz CT molecular complexity index is 1290. The number of hydrogen-bond acceptors (Lipinski definition) is 2. The average molecular weight is 390 g/mol. The number of benzene rings is 4. The molecule has 30 heavy (non-hydrogen) atoms. The summed E-state index contributed by atoms with van der Waals surface area (Å²) in [5.41, 5.74) is 1.76. The molecule has 0 heterocycles. The van der Waals surface area contributed by atoms with Gasteiger partial charge in [0.15, 0.2) is 0 Å². The maximum Gasteiger partial charge on any atom is 0.120 e. The van der Waals surface area contributed by atoms with Gasteiger partial charge in [0.2, 0.25) is 0 Å². The summed E-state index contributed by atoms with van der Waals surface area (Å²) < 4.78 is 5.23. The van der Waals surface area contributed by atoms with E-state index in [1.807, 2.05) is 48.5 Å². The molecule has 0 aliphatic heterocycles. The van der Waals surface area contributed by atoms with Crippen LogP contribution in [0.15, 0.2) is 72.8 Å². The van der Waals surface area contributed by atoms with E-state index < -0.39 is 5.60 Å². The van der Waals surface area contributed by atoms with Gasteiger partial charge in [0.25, 0.3) is 0 Å². The highest BCUT2D eigenvalue weighted by Gasteiger charge is 2.12. The number of aliphatic hydroxyl groups is 1. The van der Waals surface area contributed by atoms with Crippen molar-refractivity contribution < 1.29 is 9.84 Å². The summed E-state index contributed by atoms with van der Waals surface area (Å²) in [6, 6.07) is 24.1. The summed E-state index contributed by atoms with van der Waals surface area (Å²) in [5.74, 6) is 13.7. The zero-order valence-electron chi connectivity index (χ0n) is 17.3. The van der Waals surface area contributed by atoms with Gasteiger partial charge in [0.05, 0.1) is 7.11 Å². The molecular formula is C28H22O2. The lowest BCUT2D eigenvalue weighted by molar-refractivity contribution is 0.143. The standard InChI is InChI=1S/C28H22O2/c1-28(2,29)19-18-27-24-10-6-4-8-22(24)26(23-9-5-7-11-25(23)27)17-14-20-12-15-21(30-3)16-13-20/h4-13,15-16,29H,1-3H3. The van der Waals surface area contributed by atoms with Crippen LogP contribution in [0.25, 0.3) is 21.5 Å². The Hall–Kier alpha value is -3.72. The number of fused-ring (bicyclic) bond motifs is 2. The minimum atomic E-state index is -1.06. The first kappa shape index (κ1) is 19.6. The SMILES string of the molecule is COc1ccc(C#Cc2c3ccccc3c(C#CC(C)(C)O)c3ccccc23)cc1. The lowest BCUT2D eigenvalue weighted by Crippen LogP contribution is -2.14. The van der Waals surface area contributed by atoms with Gasteiger partial charge in [-0.2, -0.15) is 0 Å². The lowest BCUT2D eigenvalue weighted by Gasteiger charge is -2.11. The first-order valence-corrected chi connectivity index (χ1v) is 9.81. The minimum Gasteiger partial charge on any atom is -0.497 e. The van der Waals surface area contributed by atoms with Crippen LogP contribution >= 0.6 is 0 Å². The fourth-order valence-corrected chi connectivity index (χ4v) is 3.42. The molecule has 0 amide bonds. The van der Waals surface area contributed by atoms with Crippen molar-refractivity contribution in [3.8, 4) is 29.4 Å². The number of methoxy groups -OCH3 is 1. The molecule has 4 rings (SSSR count). The summed E-state index contributed by atoms with van der Waals surface area (Å²) >= 11 is 0. The van der Waals surface area contributed by atoms with Crippen molar-refractivity contribution in [2.75, 3.05) is 7.11 Å². The fourth-order valence-electron chi connectivity index (χ4n) is 3.42. The van der Waals surface area contributed by atoms with E-state index in [0.717, 1.165) is 44.0 Å². The molecular weight excluding hydrogens is 368 g/mol. The Kier molecular flexibility index (Phi) is 5.20. The molecule has 1 N–H and O–H groups in total. The quantitative estimate of drug-likeness (QED) is 0.342. The van der Waals surface area contributed by atoms with E-state index >= 15 is 0 Å².